The van der Waals surface area contributed by atoms with Gasteiger partial charge in [-0.2, -0.15) is 0 Å². The largest absolute Gasteiger partial charge is 0.474 e. The van der Waals surface area contributed by atoms with E-state index in [-0.39, 0.29) is 35.8 Å². The summed E-state index contributed by atoms with van der Waals surface area (Å²) in [6.45, 7) is 7.68. The lowest BCUT2D eigenvalue weighted by Crippen LogP contribution is -2.52. The minimum absolute atomic E-state index is 0.123. The number of pyridine rings is 2. The topological polar surface area (TPSA) is 167 Å². The summed E-state index contributed by atoms with van der Waals surface area (Å²) in [5, 5.41) is 12.1. The second-order valence-corrected chi connectivity index (χ2v) is 16.9. The zero-order valence-corrected chi connectivity index (χ0v) is 33.5. The van der Waals surface area contributed by atoms with Crippen LogP contribution in [-0.4, -0.2) is 96.7 Å². The van der Waals surface area contributed by atoms with Crippen molar-refractivity contribution < 1.29 is 37.4 Å². The smallest absolute Gasteiger partial charge is 0.413 e. The number of nitrogens with one attached hydrogen (secondary N) is 4. The summed E-state index contributed by atoms with van der Waals surface area (Å²) in [4.78, 5) is 62.5. The predicted octanol–water partition coefficient (Wildman–Crippen LogP) is 5.93. The first-order valence-electron chi connectivity index (χ1n) is 20.8. The molecule has 4 amide bonds. The maximum atomic E-state index is 15.3. The van der Waals surface area contributed by atoms with Gasteiger partial charge in [-0.25, -0.2) is 23.5 Å². The number of piperidine rings is 3. The highest BCUT2D eigenvalue weighted by molar-refractivity contribution is 6.04. The van der Waals surface area contributed by atoms with Crippen molar-refractivity contribution >= 4 is 51.8 Å². The minimum atomic E-state index is -0.867. The van der Waals surface area contributed by atoms with Gasteiger partial charge in [0.1, 0.15) is 41.9 Å². The van der Waals surface area contributed by atoms with E-state index in [4.69, 9.17) is 9.47 Å². The van der Waals surface area contributed by atoms with Gasteiger partial charge < -0.3 is 29.9 Å². The number of halogens is 2. The van der Waals surface area contributed by atoms with Crippen molar-refractivity contribution in [3.63, 3.8) is 0 Å². The molecule has 2 aromatic carbocycles. The standard InChI is InChI=1S/C44H48F2N8O6/c1-25-33(23-49-42-39(25)47-10-15-59-42)32-16-27-18-37(48-22-28(27)17-34(32)45)51-43(58)60-30-20-44(21-30)8-13-53(14-9-44)24-26-6-11-54(12-7-26)29-2-3-31(35(46)19-29)40(56)50-36-4-5-38(55)52-41(36)57/h2-3,16-19,22-23,26,30,36,47H,4-15,20-21,24H2,1H3,(H,50,56)(H,48,51,58)(H,52,55,57). The Balaban J connectivity index is 0.711. The van der Waals surface area contributed by atoms with Crippen molar-refractivity contribution in [3.05, 3.63) is 71.6 Å². The Morgan fingerprint density at radius 2 is 1.75 bits per heavy atom. The van der Waals surface area contributed by atoms with Crippen LogP contribution < -0.4 is 30.9 Å². The first-order chi connectivity index (χ1) is 29.0. The number of carbonyl (C=O) groups excluding carboxylic acids is 4. The van der Waals surface area contributed by atoms with Gasteiger partial charge >= 0.3 is 6.09 Å². The van der Waals surface area contributed by atoms with Crippen LogP contribution in [0.4, 0.5) is 30.8 Å². The monoisotopic (exact) mass is 822 g/mol. The van der Waals surface area contributed by atoms with E-state index in [1.54, 1.807) is 30.6 Å². The number of hydrogen-bond acceptors (Lipinski definition) is 11. The highest BCUT2D eigenvalue weighted by atomic mass is 19.1. The molecule has 3 saturated heterocycles. The van der Waals surface area contributed by atoms with Crippen molar-refractivity contribution in [3.8, 4) is 17.0 Å². The molecule has 6 heterocycles. The first kappa shape index (κ1) is 39.6. The second kappa shape index (κ2) is 16.3. The summed E-state index contributed by atoms with van der Waals surface area (Å²) >= 11 is 0. The molecular weight excluding hydrogens is 775 g/mol. The van der Waals surface area contributed by atoms with Gasteiger partial charge in [0.2, 0.25) is 17.7 Å². The molecular formula is C44H48F2N8O6. The molecule has 60 heavy (non-hydrogen) atoms. The Morgan fingerprint density at radius 3 is 2.52 bits per heavy atom. The summed E-state index contributed by atoms with van der Waals surface area (Å²) in [6.07, 6.45) is 8.52. The first-order valence-corrected chi connectivity index (χ1v) is 20.8. The number of ether oxygens (including phenoxy) is 2. The van der Waals surface area contributed by atoms with Gasteiger partial charge in [0.15, 0.2) is 0 Å². The Hall–Kier alpha value is -5.90. The van der Waals surface area contributed by atoms with Gasteiger partial charge in [-0.3, -0.25) is 25.0 Å². The van der Waals surface area contributed by atoms with Crippen LogP contribution in [0.1, 0.15) is 67.3 Å². The van der Waals surface area contributed by atoms with E-state index in [0.717, 1.165) is 93.6 Å². The van der Waals surface area contributed by atoms with E-state index in [2.05, 4.69) is 41.0 Å². The van der Waals surface area contributed by atoms with Crippen LogP contribution >= 0.6 is 0 Å². The van der Waals surface area contributed by atoms with E-state index in [9.17, 15) is 19.2 Å². The minimum Gasteiger partial charge on any atom is -0.474 e. The van der Waals surface area contributed by atoms with Crippen LogP contribution in [0.15, 0.2) is 48.8 Å². The predicted molar refractivity (Wildman–Crippen MR) is 220 cm³/mol. The van der Waals surface area contributed by atoms with E-state index < -0.39 is 35.6 Å². The molecule has 4 aromatic rings. The molecule has 1 saturated carbocycles. The molecule has 9 rings (SSSR count). The SMILES string of the molecule is Cc1c(-c2cc3cc(NC(=O)OC4CC5(CCN(CC6CCN(c7ccc(C(=O)NC8CCC(=O)NC8=O)c(F)c7)CC6)CC5)C4)ncc3cc2F)cnc2c1NCCO2. The third-order valence-corrected chi connectivity index (χ3v) is 13.0. The molecule has 1 spiro atoms. The lowest BCUT2D eigenvalue weighted by molar-refractivity contribution is -0.134. The average molecular weight is 823 g/mol. The Bertz CT molecular complexity index is 2350. The number of likely N-dealkylation sites (tertiary alicyclic amines) is 1. The summed E-state index contributed by atoms with van der Waals surface area (Å²) < 4.78 is 41.9. The summed E-state index contributed by atoms with van der Waals surface area (Å²) in [5.41, 5.74) is 3.44. The number of fused-ring (bicyclic) bond motifs is 2. The van der Waals surface area contributed by atoms with Crippen molar-refractivity contribution in [2.45, 2.75) is 70.4 Å². The molecule has 2 aromatic heterocycles. The lowest BCUT2D eigenvalue weighted by Gasteiger charge is -2.51. The van der Waals surface area contributed by atoms with E-state index in [1.165, 1.54) is 18.2 Å². The number of carbonyl (C=O) groups is 4. The van der Waals surface area contributed by atoms with Gasteiger partial charge in [0.25, 0.3) is 5.91 Å². The van der Waals surface area contributed by atoms with Crippen LogP contribution in [0.3, 0.4) is 0 Å². The van der Waals surface area contributed by atoms with Crippen LogP contribution in [0.25, 0.3) is 21.9 Å². The molecule has 0 radical (unpaired) electrons. The number of benzene rings is 2. The molecule has 14 nitrogen and oxygen atoms in total. The van der Waals surface area contributed by atoms with E-state index in [1.807, 2.05) is 6.92 Å². The molecule has 4 aliphatic heterocycles. The van der Waals surface area contributed by atoms with Crippen molar-refractivity contribution in [1.29, 1.82) is 0 Å². The van der Waals surface area contributed by atoms with Crippen LogP contribution in [-0.2, 0) is 14.3 Å². The Kier molecular flexibility index (Phi) is 10.7. The molecule has 5 aliphatic rings. The van der Waals surface area contributed by atoms with Gasteiger partial charge in [-0.1, -0.05) is 0 Å². The van der Waals surface area contributed by atoms with Crippen molar-refractivity contribution in [2.24, 2.45) is 11.3 Å². The number of hydrogen-bond donors (Lipinski definition) is 4. The van der Waals surface area contributed by atoms with E-state index in [0.29, 0.717) is 47.3 Å². The number of anilines is 3. The zero-order valence-electron chi connectivity index (χ0n) is 33.5. The van der Waals surface area contributed by atoms with E-state index >= 15 is 8.78 Å². The molecule has 1 atom stereocenters. The Labute approximate surface area is 345 Å². The number of imide groups is 1. The molecule has 314 valence electrons. The number of nitrogens with zero attached hydrogens (tertiary/aromatic N) is 4. The molecule has 1 unspecified atom stereocenters. The highest BCUT2D eigenvalue weighted by Crippen LogP contribution is 2.50. The third kappa shape index (κ3) is 8.16. The fourth-order valence-electron chi connectivity index (χ4n) is 9.52. The molecule has 16 heteroatoms. The van der Waals surface area contributed by atoms with Crippen LogP contribution in [0.5, 0.6) is 5.88 Å². The lowest BCUT2D eigenvalue weighted by atomic mass is 9.61. The summed E-state index contributed by atoms with van der Waals surface area (Å²) in [5.74, 6) is -1.31. The summed E-state index contributed by atoms with van der Waals surface area (Å²) in [6, 6.07) is 8.62. The van der Waals surface area contributed by atoms with Gasteiger partial charge in [0, 0.05) is 67.2 Å². The number of rotatable bonds is 8. The molecule has 0 bridgehead atoms. The zero-order chi connectivity index (χ0) is 41.5. The fraction of sp³-hybridized carbons (Fsp3) is 0.455. The van der Waals surface area contributed by atoms with Gasteiger partial charge in [0.05, 0.1) is 5.56 Å². The normalized spacial score (nSPS) is 20.7. The Morgan fingerprint density at radius 1 is 0.950 bits per heavy atom. The summed E-state index contributed by atoms with van der Waals surface area (Å²) in [7, 11) is 0. The van der Waals surface area contributed by atoms with Crippen molar-refractivity contribution in [1.82, 2.24) is 25.5 Å². The average Bonchev–Trinajstić information content (AvgIpc) is 3.22. The quantitative estimate of drug-likeness (QED) is 0.156. The number of amides is 4. The fourth-order valence-corrected chi connectivity index (χ4v) is 9.52. The number of aromatic nitrogens is 2. The maximum absolute atomic E-state index is 15.3. The molecule has 4 fully saturated rings. The van der Waals surface area contributed by atoms with Crippen LogP contribution in [0.2, 0.25) is 0 Å². The highest BCUT2D eigenvalue weighted by Gasteiger charge is 2.48. The molecule has 1 aliphatic carbocycles. The maximum Gasteiger partial charge on any atom is 0.413 e. The van der Waals surface area contributed by atoms with Crippen molar-refractivity contribution in [2.75, 3.05) is 61.4 Å². The van der Waals surface area contributed by atoms with Crippen LogP contribution in [0, 0.1) is 29.9 Å². The third-order valence-electron chi connectivity index (χ3n) is 13.0. The second-order valence-electron chi connectivity index (χ2n) is 16.9. The molecule has 4 N–H and O–H groups in total. The van der Waals surface area contributed by atoms with Gasteiger partial charge in [-0.05, 0) is 124 Å². The van der Waals surface area contributed by atoms with Gasteiger partial charge in [-0.15, -0.1) is 0 Å².